The molecule has 0 amide bonds. The molecule has 0 radical (unpaired) electrons. The molecule has 1 aromatic heterocycles. The number of hydrogen-bond donors (Lipinski definition) is 0. The number of alkyl halides is 3. The number of rotatable bonds is 1. The Bertz CT molecular complexity index is 431. The van der Waals surface area contributed by atoms with Crippen LogP contribution in [0.4, 0.5) is 19.0 Å². The van der Waals surface area contributed by atoms with E-state index < -0.39 is 12.1 Å². The summed E-state index contributed by atoms with van der Waals surface area (Å²) in [6.45, 7) is 0.664. The highest BCUT2D eigenvalue weighted by atomic mass is 79.9. The van der Waals surface area contributed by atoms with Gasteiger partial charge in [-0.3, -0.25) is 0 Å². The second-order valence-corrected chi connectivity index (χ2v) is 5.58. The molecule has 2 rings (SSSR count). The quantitative estimate of drug-likeness (QED) is 0.757. The topological polar surface area (TPSA) is 16.1 Å². The predicted molar refractivity (Wildman–Crippen MR) is 67.9 cm³/mol. The summed E-state index contributed by atoms with van der Waals surface area (Å²) >= 11 is 9.27. The molecule has 7 heteroatoms. The minimum atomic E-state index is -4.09. The zero-order chi connectivity index (χ0) is 13.3. The maximum Gasteiger partial charge on any atom is 0.391 e. The molecule has 100 valence electrons. The lowest BCUT2D eigenvalue weighted by molar-refractivity contribution is -0.179. The van der Waals surface area contributed by atoms with E-state index in [9.17, 15) is 13.2 Å². The van der Waals surface area contributed by atoms with Crippen LogP contribution < -0.4 is 4.90 Å². The molecule has 0 saturated carbocycles. The SMILES string of the molecule is FC(F)(F)C1CCN(c2ncc(Br)cc2Cl)CC1. The summed E-state index contributed by atoms with van der Waals surface area (Å²) < 4.78 is 38.4. The van der Waals surface area contributed by atoms with Crippen molar-refractivity contribution in [2.75, 3.05) is 18.0 Å². The van der Waals surface area contributed by atoms with E-state index in [0.717, 1.165) is 4.47 Å². The summed E-state index contributed by atoms with van der Waals surface area (Å²) in [5.74, 6) is -0.650. The molecule has 0 spiro atoms. The van der Waals surface area contributed by atoms with Crippen molar-refractivity contribution in [1.82, 2.24) is 4.98 Å². The third-order valence-electron chi connectivity index (χ3n) is 3.05. The van der Waals surface area contributed by atoms with Crippen molar-refractivity contribution >= 4 is 33.3 Å². The Morgan fingerprint density at radius 1 is 1.33 bits per heavy atom. The first-order valence-corrected chi connectivity index (χ1v) is 6.67. The van der Waals surface area contributed by atoms with Crippen molar-refractivity contribution in [3.63, 3.8) is 0 Å². The summed E-state index contributed by atoms with van der Waals surface area (Å²) in [5.41, 5.74) is 0. The Morgan fingerprint density at radius 2 is 1.94 bits per heavy atom. The number of piperidine rings is 1. The lowest BCUT2D eigenvalue weighted by Gasteiger charge is -2.34. The average Bonchev–Trinajstić information content (AvgIpc) is 2.28. The van der Waals surface area contributed by atoms with Crippen molar-refractivity contribution in [3.8, 4) is 0 Å². The highest BCUT2D eigenvalue weighted by Gasteiger charge is 2.41. The average molecular weight is 344 g/mol. The van der Waals surface area contributed by atoms with Gasteiger partial charge in [-0.15, -0.1) is 0 Å². The van der Waals surface area contributed by atoms with Crippen LogP contribution >= 0.6 is 27.5 Å². The summed E-state index contributed by atoms with van der Waals surface area (Å²) in [6, 6.07) is 1.69. The standard InChI is InChI=1S/C11H11BrClF3N2/c12-8-5-9(13)10(17-6-8)18-3-1-7(2-4-18)11(14,15)16/h5-7H,1-4H2. The molecule has 0 aliphatic carbocycles. The van der Waals surface area contributed by atoms with Gasteiger partial charge in [0.1, 0.15) is 5.82 Å². The molecule has 1 fully saturated rings. The summed E-state index contributed by atoms with van der Waals surface area (Å²) in [6.07, 6.45) is -2.31. The summed E-state index contributed by atoms with van der Waals surface area (Å²) in [4.78, 5) is 5.96. The maximum atomic E-state index is 12.5. The van der Waals surface area contributed by atoms with Crippen molar-refractivity contribution < 1.29 is 13.2 Å². The molecule has 18 heavy (non-hydrogen) atoms. The number of aromatic nitrogens is 1. The van der Waals surface area contributed by atoms with Crippen LogP contribution in [-0.2, 0) is 0 Å². The normalized spacial score (nSPS) is 18.2. The van der Waals surface area contributed by atoms with Gasteiger partial charge in [0.2, 0.25) is 0 Å². The van der Waals surface area contributed by atoms with Gasteiger partial charge in [0, 0.05) is 23.8 Å². The van der Waals surface area contributed by atoms with Crippen LogP contribution in [0.5, 0.6) is 0 Å². The highest BCUT2D eigenvalue weighted by molar-refractivity contribution is 9.10. The summed E-state index contributed by atoms with van der Waals surface area (Å²) in [5, 5.41) is 0.454. The van der Waals surface area contributed by atoms with Crippen LogP contribution in [0.1, 0.15) is 12.8 Å². The van der Waals surface area contributed by atoms with Crippen molar-refractivity contribution in [2.24, 2.45) is 5.92 Å². The van der Waals surface area contributed by atoms with E-state index in [0.29, 0.717) is 23.9 Å². The molecule has 1 aliphatic rings. The first kappa shape index (κ1) is 13.9. The van der Waals surface area contributed by atoms with Gasteiger partial charge < -0.3 is 4.90 Å². The summed E-state index contributed by atoms with van der Waals surface area (Å²) in [7, 11) is 0. The van der Waals surface area contributed by atoms with Gasteiger partial charge in [-0.1, -0.05) is 11.6 Å². The highest BCUT2D eigenvalue weighted by Crippen LogP contribution is 2.36. The Morgan fingerprint density at radius 3 is 2.44 bits per heavy atom. The molecule has 0 N–H and O–H groups in total. The zero-order valence-electron chi connectivity index (χ0n) is 9.34. The first-order chi connectivity index (χ1) is 8.38. The molecule has 1 aliphatic heterocycles. The second kappa shape index (κ2) is 5.25. The molecule has 0 unspecified atom stereocenters. The smallest absolute Gasteiger partial charge is 0.355 e. The Kier molecular flexibility index (Phi) is 4.06. The third-order valence-corrected chi connectivity index (χ3v) is 3.76. The molecule has 0 atom stereocenters. The van der Waals surface area contributed by atoms with Crippen LogP contribution in [0.3, 0.4) is 0 Å². The van der Waals surface area contributed by atoms with Gasteiger partial charge in [-0.05, 0) is 34.8 Å². The van der Waals surface area contributed by atoms with Gasteiger partial charge in [0.05, 0.1) is 10.9 Å². The maximum absolute atomic E-state index is 12.5. The van der Waals surface area contributed by atoms with E-state index in [4.69, 9.17) is 11.6 Å². The Balaban J connectivity index is 2.06. The monoisotopic (exact) mass is 342 g/mol. The van der Waals surface area contributed by atoms with E-state index >= 15 is 0 Å². The van der Waals surface area contributed by atoms with E-state index in [2.05, 4.69) is 20.9 Å². The lowest BCUT2D eigenvalue weighted by atomic mass is 9.96. The fraction of sp³-hybridized carbons (Fsp3) is 0.545. The van der Waals surface area contributed by atoms with Crippen LogP contribution in [0.2, 0.25) is 5.02 Å². The van der Waals surface area contributed by atoms with Gasteiger partial charge >= 0.3 is 6.18 Å². The minimum absolute atomic E-state index is 0.0948. The van der Waals surface area contributed by atoms with Gasteiger partial charge in [-0.2, -0.15) is 13.2 Å². The predicted octanol–water partition coefficient (Wildman–Crippen LogP) is 4.28. The van der Waals surface area contributed by atoms with E-state index in [1.807, 2.05) is 0 Å². The molecule has 1 saturated heterocycles. The number of hydrogen-bond acceptors (Lipinski definition) is 2. The van der Waals surface area contributed by atoms with Gasteiger partial charge in [0.15, 0.2) is 0 Å². The van der Waals surface area contributed by atoms with Crippen molar-refractivity contribution in [3.05, 3.63) is 21.8 Å². The van der Waals surface area contributed by atoms with Crippen LogP contribution in [0, 0.1) is 5.92 Å². The zero-order valence-corrected chi connectivity index (χ0v) is 11.7. The number of anilines is 1. The van der Waals surface area contributed by atoms with E-state index in [1.54, 1.807) is 17.2 Å². The number of pyridine rings is 1. The number of halogens is 5. The molecular formula is C11H11BrClF3N2. The Hall–Kier alpha value is -0.490. The van der Waals surface area contributed by atoms with Crippen LogP contribution in [0.25, 0.3) is 0 Å². The largest absolute Gasteiger partial charge is 0.391 e. The first-order valence-electron chi connectivity index (χ1n) is 5.50. The molecule has 0 aromatic carbocycles. The fourth-order valence-electron chi connectivity index (χ4n) is 2.06. The molecular weight excluding hydrogens is 332 g/mol. The van der Waals surface area contributed by atoms with Crippen LogP contribution in [-0.4, -0.2) is 24.2 Å². The molecule has 1 aromatic rings. The number of nitrogens with zero attached hydrogens (tertiary/aromatic N) is 2. The van der Waals surface area contributed by atoms with Gasteiger partial charge in [-0.25, -0.2) is 4.98 Å². The Labute approximate surface area is 116 Å². The minimum Gasteiger partial charge on any atom is -0.355 e. The molecule has 2 nitrogen and oxygen atoms in total. The lowest BCUT2D eigenvalue weighted by Crippen LogP contribution is -2.39. The van der Waals surface area contributed by atoms with Crippen LogP contribution in [0.15, 0.2) is 16.7 Å². The molecule has 0 bridgehead atoms. The third kappa shape index (κ3) is 3.09. The van der Waals surface area contributed by atoms with Gasteiger partial charge in [0.25, 0.3) is 0 Å². The fourth-order valence-corrected chi connectivity index (χ4v) is 2.81. The van der Waals surface area contributed by atoms with E-state index in [-0.39, 0.29) is 12.8 Å². The van der Waals surface area contributed by atoms with Crippen molar-refractivity contribution in [2.45, 2.75) is 19.0 Å². The molecule has 2 heterocycles. The second-order valence-electron chi connectivity index (χ2n) is 4.26. The van der Waals surface area contributed by atoms with Crippen molar-refractivity contribution in [1.29, 1.82) is 0 Å². The van der Waals surface area contributed by atoms with E-state index in [1.165, 1.54) is 0 Å².